The van der Waals surface area contributed by atoms with E-state index >= 15 is 0 Å². The van der Waals surface area contributed by atoms with Gasteiger partial charge in [0.15, 0.2) is 0 Å². The average molecular weight is 362 g/mol. The number of hydrogen-bond acceptors (Lipinski definition) is 2. The zero-order valence-electron chi connectivity index (χ0n) is 15.2. The molecule has 0 aliphatic rings. The molecule has 2 nitrogen and oxygen atoms in total. The van der Waals surface area contributed by atoms with E-state index in [2.05, 4.69) is 0 Å². The topological polar surface area (TPSA) is 34.1 Å². The molecule has 0 saturated carbocycles. The van der Waals surface area contributed by atoms with Crippen LogP contribution in [0.2, 0.25) is 0 Å². The third kappa shape index (κ3) is 3.67. The molecule has 2 heteroatoms. The SMILES string of the molecule is O=C(C(=O)c1cccc(-c2ccccc2)c1)c1ccc(-c2ccccc2)cc1. The predicted octanol–water partition coefficient (Wildman–Crippen LogP) is 6.09. The van der Waals surface area contributed by atoms with E-state index in [4.69, 9.17) is 0 Å². The largest absolute Gasteiger partial charge is 0.285 e. The Morgan fingerprint density at radius 1 is 0.393 bits per heavy atom. The number of rotatable bonds is 5. The second-order valence-electron chi connectivity index (χ2n) is 6.55. The van der Waals surface area contributed by atoms with Crippen LogP contribution in [0.3, 0.4) is 0 Å². The maximum Gasteiger partial charge on any atom is 0.233 e. The quantitative estimate of drug-likeness (QED) is 0.318. The summed E-state index contributed by atoms with van der Waals surface area (Å²) in [6.45, 7) is 0. The lowest BCUT2D eigenvalue weighted by atomic mass is 9.96. The number of carbonyl (C=O) groups excluding carboxylic acids is 2. The molecule has 4 aromatic rings. The molecule has 0 heterocycles. The first-order valence-corrected chi connectivity index (χ1v) is 9.12. The second-order valence-corrected chi connectivity index (χ2v) is 6.55. The molecule has 4 aromatic carbocycles. The van der Waals surface area contributed by atoms with Gasteiger partial charge in [0.2, 0.25) is 11.6 Å². The van der Waals surface area contributed by atoms with Crippen LogP contribution >= 0.6 is 0 Å². The summed E-state index contributed by atoms with van der Waals surface area (Å²) in [5, 5.41) is 0. The van der Waals surface area contributed by atoms with Crippen molar-refractivity contribution in [2.45, 2.75) is 0 Å². The maximum atomic E-state index is 12.7. The van der Waals surface area contributed by atoms with Crippen LogP contribution in [0.4, 0.5) is 0 Å². The molecule has 0 aliphatic carbocycles. The highest BCUT2D eigenvalue weighted by molar-refractivity contribution is 6.49. The molecule has 0 bridgehead atoms. The van der Waals surface area contributed by atoms with Crippen LogP contribution in [0.15, 0.2) is 109 Å². The molecule has 0 aliphatic heterocycles. The third-order valence-electron chi connectivity index (χ3n) is 4.69. The summed E-state index contributed by atoms with van der Waals surface area (Å²) in [6, 6.07) is 34.1. The second kappa shape index (κ2) is 7.85. The van der Waals surface area contributed by atoms with Gasteiger partial charge in [-0.15, -0.1) is 0 Å². The molecule has 4 rings (SSSR count). The van der Waals surface area contributed by atoms with Crippen LogP contribution in [0.5, 0.6) is 0 Å². The van der Waals surface area contributed by atoms with Gasteiger partial charge < -0.3 is 0 Å². The molecule has 134 valence electrons. The Morgan fingerprint density at radius 2 is 0.857 bits per heavy atom. The van der Waals surface area contributed by atoms with E-state index in [0.717, 1.165) is 22.3 Å². The van der Waals surface area contributed by atoms with Gasteiger partial charge in [0.05, 0.1) is 0 Å². The Bertz CT molecular complexity index is 1110. The lowest BCUT2D eigenvalue weighted by Gasteiger charge is -2.06. The molecule has 0 unspecified atom stereocenters. The first-order valence-electron chi connectivity index (χ1n) is 9.12. The Labute approximate surface area is 164 Å². The molecule has 28 heavy (non-hydrogen) atoms. The number of Topliss-reactive ketones (excluding diaryl/α,β-unsaturated/α-hetero) is 2. The Morgan fingerprint density at radius 3 is 1.46 bits per heavy atom. The molecule has 0 aromatic heterocycles. The van der Waals surface area contributed by atoms with Crippen molar-refractivity contribution in [2.75, 3.05) is 0 Å². The highest BCUT2D eigenvalue weighted by Gasteiger charge is 2.18. The van der Waals surface area contributed by atoms with E-state index in [-0.39, 0.29) is 0 Å². The zero-order chi connectivity index (χ0) is 19.3. The fourth-order valence-electron chi connectivity index (χ4n) is 3.18. The van der Waals surface area contributed by atoms with Gasteiger partial charge in [-0.25, -0.2) is 0 Å². The average Bonchev–Trinajstić information content (AvgIpc) is 2.79. The third-order valence-corrected chi connectivity index (χ3v) is 4.69. The number of ketones is 2. The van der Waals surface area contributed by atoms with Crippen molar-refractivity contribution in [3.05, 3.63) is 120 Å². The Hall–Kier alpha value is -3.78. The summed E-state index contributed by atoms with van der Waals surface area (Å²) in [4.78, 5) is 25.4. The fraction of sp³-hybridized carbons (Fsp3) is 0. The van der Waals surface area contributed by atoms with Crippen LogP contribution in [-0.4, -0.2) is 11.6 Å². The molecule has 0 atom stereocenters. The van der Waals surface area contributed by atoms with Crippen molar-refractivity contribution in [3.8, 4) is 22.3 Å². The zero-order valence-corrected chi connectivity index (χ0v) is 15.2. The molecule has 0 radical (unpaired) electrons. The maximum absolute atomic E-state index is 12.7. The predicted molar refractivity (Wildman–Crippen MR) is 112 cm³/mol. The number of hydrogen-bond donors (Lipinski definition) is 0. The number of benzene rings is 4. The monoisotopic (exact) mass is 362 g/mol. The van der Waals surface area contributed by atoms with Gasteiger partial charge in [0.1, 0.15) is 0 Å². The van der Waals surface area contributed by atoms with Gasteiger partial charge in [0.25, 0.3) is 0 Å². The van der Waals surface area contributed by atoms with Crippen molar-refractivity contribution in [3.63, 3.8) is 0 Å². The smallest absolute Gasteiger partial charge is 0.233 e. The lowest BCUT2D eigenvalue weighted by Crippen LogP contribution is -2.14. The van der Waals surface area contributed by atoms with Gasteiger partial charge in [-0.1, -0.05) is 103 Å². The van der Waals surface area contributed by atoms with Crippen molar-refractivity contribution in [1.29, 1.82) is 0 Å². The molecular weight excluding hydrogens is 344 g/mol. The van der Waals surface area contributed by atoms with Crippen molar-refractivity contribution in [2.24, 2.45) is 0 Å². The minimum absolute atomic E-state index is 0.398. The van der Waals surface area contributed by atoms with Gasteiger partial charge in [-0.2, -0.15) is 0 Å². The number of carbonyl (C=O) groups is 2. The normalized spacial score (nSPS) is 10.4. The highest BCUT2D eigenvalue weighted by atomic mass is 16.2. The lowest BCUT2D eigenvalue weighted by molar-refractivity contribution is 0.0817. The summed E-state index contributed by atoms with van der Waals surface area (Å²) in [5.74, 6) is -0.991. The van der Waals surface area contributed by atoms with Gasteiger partial charge in [-0.05, 0) is 28.3 Å². The van der Waals surface area contributed by atoms with E-state index in [9.17, 15) is 9.59 Å². The minimum atomic E-state index is -0.496. The Kier molecular flexibility index (Phi) is 4.94. The van der Waals surface area contributed by atoms with Crippen LogP contribution in [0, 0.1) is 0 Å². The van der Waals surface area contributed by atoms with Gasteiger partial charge >= 0.3 is 0 Å². The van der Waals surface area contributed by atoms with E-state index in [0.29, 0.717) is 11.1 Å². The highest BCUT2D eigenvalue weighted by Crippen LogP contribution is 2.22. The van der Waals surface area contributed by atoms with E-state index in [1.807, 2.05) is 78.9 Å². The van der Waals surface area contributed by atoms with E-state index < -0.39 is 11.6 Å². The van der Waals surface area contributed by atoms with Crippen LogP contribution < -0.4 is 0 Å². The van der Waals surface area contributed by atoms with Crippen LogP contribution in [0.25, 0.3) is 22.3 Å². The minimum Gasteiger partial charge on any atom is -0.285 e. The van der Waals surface area contributed by atoms with Crippen molar-refractivity contribution in [1.82, 2.24) is 0 Å². The van der Waals surface area contributed by atoms with Crippen LogP contribution in [0.1, 0.15) is 20.7 Å². The summed E-state index contributed by atoms with van der Waals surface area (Å²) >= 11 is 0. The molecule has 0 saturated heterocycles. The van der Waals surface area contributed by atoms with Crippen molar-refractivity contribution >= 4 is 11.6 Å². The summed E-state index contributed by atoms with van der Waals surface area (Å²) < 4.78 is 0. The van der Waals surface area contributed by atoms with E-state index in [1.54, 1.807) is 30.3 Å². The van der Waals surface area contributed by atoms with Crippen molar-refractivity contribution < 1.29 is 9.59 Å². The van der Waals surface area contributed by atoms with E-state index in [1.165, 1.54) is 0 Å². The van der Waals surface area contributed by atoms with Gasteiger partial charge in [-0.3, -0.25) is 9.59 Å². The molecule has 0 N–H and O–H groups in total. The first-order chi connectivity index (χ1) is 13.7. The molecular formula is C26H18O2. The standard InChI is InChI=1S/C26H18O2/c27-25(22-16-14-21(15-17-22)19-8-3-1-4-9-19)26(28)24-13-7-12-23(18-24)20-10-5-2-6-11-20/h1-18H. The van der Waals surface area contributed by atoms with Gasteiger partial charge in [0, 0.05) is 11.1 Å². The first kappa shape index (κ1) is 17.6. The van der Waals surface area contributed by atoms with Crippen LogP contribution in [-0.2, 0) is 0 Å². The summed E-state index contributed by atoms with van der Waals surface area (Å²) in [7, 11) is 0. The molecule has 0 fully saturated rings. The Balaban J connectivity index is 1.58. The fourth-order valence-corrected chi connectivity index (χ4v) is 3.18. The summed E-state index contributed by atoms with van der Waals surface area (Å²) in [5.41, 5.74) is 4.81. The molecule has 0 spiro atoms. The molecule has 0 amide bonds. The summed E-state index contributed by atoms with van der Waals surface area (Å²) in [6.07, 6.45) is 0.